The number of hydrogen-bond donors (Lipinski definition) is 4. The van der Waals surface area contributed by atoms with Gasteiger partial charge in [0.05, 0.1) is 28.9 Å². The Bertz CT molecular complexity index is 1750. The molecule has 41 heavy (non-hydrogen) atoms. The van der Waals surface area contributed by atoms with Gasteiger partial charge in [0, 0.05) is 29.6 Å². The first-order valence-corrected chi connectivity index (χ1v) is 14.5. The molecule has 2 amide bonds. The molecule has 5 aromatic rings. The maximum absolute atomic E-state index is 12.5. The highest BCUT2D eigenvalue weighted by molar-refractivity contribution is 8.26. The highest BCUT2D eigenvalue weighted by Crippen LogP contribution is 2.20. The molecule has 2 aromatic carbocycles. The van der Waals surface area contributed by atoms with Crippen LogP contribution in [-0.2, 0) is 28.9 Å². The smallest absolute Gasteiger partial charge is 0.230 e. The van der Waals surface area contributed by atoms with E-state index in [0.717, 1.165) is 49.7 Å². The number of pyridine rings is 2. The van der Waals surface area contributed by atoms with E-state index in [1.54, 1.807) is 12.4 Å². The van der Waals surface area contributed by atoms with Crippen molar-refractivity contribution < 1.29 is 9.59 Å². The monoisotopic (exact) mass is 582 g/mol. The first-order valence-electron chi connectivity index (χ1n) is 12.8. The normalized spacial score (nSPS) is 10.9. The number of amidine groups is 1. The lowest BCUT2D eigenvalue weighted by Gasteiger charge is -2.08. The van der Waals surface area contributed by atoms with Crippen molar-refractivity contribution in [2.24, 2.45) is 0 Å². The van der Waals surface area contributed by atoms with Crippen LogP contribution in [0.5, 0.6) is 0 Å². The van der Waals surface area contributed by atoms with E-state index in [-0.39, 0.29) is 34.9 Å². The van der Waals surface area contributed by atoms with E-state index in [1.165, 1.54) is 11.3 Å². The first kappa shape index (κ1) is 28.0. The molecule has 0 aliphatic rings. The number of amides is 2. The molecule has 0 unspecified atom stereocenters. The number of nitrogens with one attached hydrogen (secondary N) is 4. The number of hydrogen-bond acceptors (Lipinski definition) is 10. The molecule has 0 spiro atoms. The summed E-state index contributed by atoms with van der Waals surface area (Å²) in [5, 5.41) is 33.1. The summed E-state index contributed by atoms with van der Waals surface area (Å²) in [5.74, 6) is -0.480. The average Bonchev–Trinajstić information content (AvgIpc) is 3.39. The van der Waals surface area contributed by atoms with E-state index in [0.29, 0.717) is 24.4 Å². The lowest BCUT2D eigenvalue weighted by molar-refractivity contribution is -0.119. The molecule has 0 aliphatic heterocycles. The Hall–Kier alpha value is -4.55. The number of rotatable bonds is 9. The van der Waals surface area contributed by atoms with Gasteiger partial charge in [-0.25, -0.2) is 0 Å². The zero-order chi connectivity index (χ0) is 28.6. The van der Waals surface area contributed by atoms with Crippen LogP contribution in [0.25, 0.3) is 21.8 Å². The van der Waals surface area contributed by atoms with Gasteiger partial charge in [0.15, 0.2) is 5.17 Å². The zero-order valence-electron chi connectivity index (χ0n) is 21.9. The predicted molar refractivity (Wildman–Crippen MR) is 164 cm³/mol. The van der Waals surface area contributed by atoms with Gasteiger partial charge in [-0.2, -0.15) is 0 Å². The van der Waals surface area contributed by atoms with Gasteiger partial charge in [0.1, 0.15) is 5.01 Å². The second-order valence-electron chi connectivity index (χ2n) is 9.22. The zero-order valence-corrected chi connectivity index (χ0v) is 23.5. The fourth-order valence-corrected chi connectivity index (χ4v) is 5.64. The first-order chi connectivity index (χ1) is 19.9. The number of anilines is 1. The van der Waals surface area contributed by atoms with Gasteiger partial charge in [-0.15, -0.1) is 10.2 Å². The second-order valence-corrected chi connectivity index (χ2v) is 11.4. The number of fused-ring (bicyclic) bond motifs is 2. The van der Waals surface area contributed by atoms with Gasteiger partial charge in [0.25, 0.3) is 0 Å². The minimum atomic E-state index is -0.306. The number of aryl methyl sites for hydroxylation is 1. The fourth-order valence-electron chi connectivity index (χ4n) is 4.18. The third-order valence-electron chi connectivity index (χ3n) is 6.05. The summed E-state index contributed by atoms with van der Waals surface area (Å²) in [4.78, 5) is 33.4. The van der Waals surface area contributed by atoms with E-state index >= 15 is 0 Å². The van der Waals surface area contributed by atoms with Gasteiger partial charge in [0.2, 0.25) is 16.9 Å². The summed E-state index contributed by atoms with van der Waals surface area (Å²) in [7, 11) is 0. The average molecular weight is 583 g/mol. The van der Waals surface area contributed by atoms with Crippen LogP contribution in [-0.4, -0.2) is 42.2 Å². The Kier molecular flexibility index (Phi) is 9.02. The van der Waals surface area contributed by atoms with Crippen LogP contribution in [0, 0.1) is 10.8 Å². The van der Waals surface area contributed by atoms with Gasteiger partial charge in [-0.1, -0.05) is 35.6 Å². The van der Waals surface area contributed by atoms with Crippen molar-refractivity contribution in [3.05, 3.63) is 89.2 Å². The minimum Gasteiger partial charge on any atom is -0.305 e. The highest BCUT2D eigenvalue weighted by atomic mass is 32.2. The third kappa shape index (κ3) is 7.99. The van der Waals surface area contributed by atoms with Crippen molar-refractivity contribution in [3.8, 4) is 0 Å². The van der Waals surface area contributed by atoms with Gasteiger partial charge < -0.3 is 10.6 Å². The Balaban J connectivity index is 1.01. The Morgan fingerprint density at radius 2 is 1.46 bits per heavy atom. The largest absolute Gasteiger partial charge is 0.305 e. The quantitative estimate of drug-likeness (QED) is 0.138. The molecule has 0 atom stereocenters. The third-order valence-corrected chi connectivity index (χ3v) is 7.71. The number of carbonyl (C=O) groups excluding carboxylic acids is 2. The highest BCUT2D eigenvalue weighted by Gasteiger charge is 2.12. The predicted octanol–water partition coefficient (Wildman–Crippen LogP) is 5.14. The second kappa shape index (κ2) is 13.2. The Labute approximate surface area is 244 Å². The number of aromatic nitrogens is 4. The molecule has 4 N–H and O–H groups in total. The minimum absolute atomic E-state index is 0.0777. The lowest BCUT2D eigenvalue weighted by atomic mass is 10.1. The van der Waals surface area contributed by atoms with Crippen LogP contribution in [0.3, 0.4) is 0 Å². The van der Waals surface area contributed by atoms with Gasteiger partial charge in [-0.3, -0.25) is 30.4 Å². The van der Waals surface area contributed by atoms with Crippen molar-refractivity contribution in [1.29, 1.82) is 10.8 Å². The number of nitrogens with zero attached hydrogens (tertiary/aromatic N) is 4. The summed E-state index contributed by atoms with van der Waals surface area (Å²) >= 11 is 2.23. The molecule has 206 valence electrons. The molecule has 0 bridgehead atoms. The van der Waals surface area contributed by atoms with E-state index in [9.17, 15) is 9.59 Å². The molecule has 10 nitrogen and oxygen atoms in total. The summed E-state index contributed by atoms with van der Waals surface area (Å²) in [5.41, 5.74) is 3.46. The number of benzene rings is 2. The van der Waals surface area contributed by atoms with Crippen LogP contribution in [0.2, 0.25) is 0 Å². The molecule has 0 fully saturated rings. The van der Waals surface area contributed by atoms with E-state index < -0.39 is 0 Å². The molecule has 5 rings (SSSR count). The molecular formula is C29H26N8O2S2. The maximum atomic E-state index is 12.5. The molecule has 12 heteroatoms. The molecule has 0 saturated carbocycles. The lowest BCUT2D eigenvalue weighted by Crippen LogP contribution is -2.29. The van der Waals surface area contributed by atoms with Gasteiger partial charge >= 0.3 is 0 Å². The molecule has 3 heterocycles. The van der Waals surface area contributed by atoms with Crippen LogP contribution in [0.4, 0.5) is 5.13 Å². The van der Waals surface area contributed by atoms with Crippen LogP contribution in [0.15, 0.2) is 73.1 Å². The van der Waals surface area contributed by atoms with E-state index in [1.807, 2.05) is 60.7 Å². The van der Waals surface area contributed by atoms with Gasteiger partial charge in [-0.05, 0) is 72.1 Å². The van der Waals surface area contributed by atoms with Crippen molar-refractivity contribution in [3.63, 3.8) is 0 Å². The molecule has 3 aromatic heterocycles. The molecule has 0 radical (unpaired) electrons. The summed E-state index contributed by atoms with van der Waals surface area (Å²) in [6, 6.07) is 19.0. The Morgan fingerprint density at radius 1 is 0.829 bits per heavy atom. The molecular weight excluding hydrogens is 557 g/mol. The van der Waals surface area contributed by atoms with Crippen molar-refractivity contribution >= 4 is 72.1 Å². The maximum Gasteiger partial charge on any atom is 0.230 e. The summed E-state index contributed by atoms with van der Waals surface area (Å²) < 4.78 is 0. The van der Waals surface area contributed by atoms with Crippen LogP contribution >= 0.6 is 23.1 Å². The standard InChI is InChI=1S/C29H26N8O2S2/c30-24(40-28(31)34-25(38)16-18-8-10-22-20(14-18)4-2-12-32-22)6-1-7-27-36-37-29(41-27)35-26(39)17-19-9-11-23-21(15-19)5-3-13-33-23/h2-5,8-15,30H,1,6-7,16-17H2,(H2,31,34,38)(H,35,37,39). The summed E-state index contributed by atoms with van der Waals surface area (Å²) in [6.07, 6.45) is 5.46. The molecule has 0 saturated heterocycles. The fraction of sp³-hybridized carbons (Fsp3) is 0.172. The SMILES string of the molecule is N=C(CCCc1nnc(NC(=O)Cc2ccc3ncccc3c2)s1)SC(=N)NC(=O)Cc1ccc2ncccc2c1. The van der Waals surface area contributed by atoms with Crippen LogP contribution < -0.4 is 10.6 Å². The van der Waals surface area contributed by atoms with Crippen molar-refractivity contribution in [2.45, 2.75) is 32.1 Å². The van der Waals surface area contributed by atoms with Crippen LogP contribution in [0.1, 0.15) is 29.0 Å². The number of carbonyl (C=O) groups is 2. The molecule has 0 aliphatic carbocycles. The topological polar surface area (TPSA) is 157 Å². The Morgan fingerprint density at radius 3 is 2.12 bits per heavy atom. The summed E-state index contributed by atoms with van der Waals surface area (Å²) in [6.45, 7) is 0. The van der Waals surface area contributed by atoms with Crippen molar-refractivity contribution in [1.82, 2.24) is 25.5 Å². The van der Waals surface area contributed by atoms with E-state index in [4.69, 9.17) is 10.8 Å². The van der Waals surface area contributed by atoms with E-state index in [2.05, 4.69) is 30.8 Å². The number of thioether (sulfide) groups is 1. The van der Waals surface area contributed by atoms with Crippen molar-refractivity contribution in [2.75, 3.05) is 5.32 Å².